The van der Waals surface area contributed by atoms with Gasteiger partial charge in [0.25, 0.3) is 5.92 Å². The van der Waals surface area contributed by atoms with Crippen LogP contribution in [0.2, 0.25) is 5.02 Å². The van der Waals surface area contributed by atoms with Gasteiger partial charge in [-0.05, 0) is 12.5 Å². The summed E-state index contributed by atoms with van der Waals surface area (Å²) in [6, 6.07) is 3.28. The van der Waals surface area contributed by atoms with Gasteiger partial charge in [-0.15, -0.1) is 0 Å². The first-order chi connectivity index (χ1) is 14.3. The molecule has 1 aromatic carbocycles. The number of hydrogen-bond acceptors (Lipinski definition) is 7. The molecule has 1 fully saturated rings. The Balaban J connectivity index is 2.00. The van der Waals surface area contributed by atoms with Crippen LogP contribution in [0, 0.1) is 0 Å². The highest BCUT2D eigenvalue weighted by Gasteiger charge is 2.45. The molecule has 0 atom stereocenters. The smallest absolute Gasteiger partial charge is 0.282 e. The number of benzene rings is 1. The van der Waals surface area contributed by atoms with E-state index in [0.717, 1.165) is 5.56 Å². The van der Waals surface area contributed by atoms with E-state index in [1.165, 1.54) is 18.2 Å². The van der Waals surface area contributed by atoms with Crippen molar-refractivity contribution in [3.63, 3.8) is 0 Å². The second-order valence-electron chi connectivity index (χ2n) is 7.01. The van der Waals surface area contributed by atoms with Crippen molar-refractivity contribution in [3.05, 3.63) is 28.9 Å². The summed E-state index contributed by atoms with van der Waals surface area (Å²) in [5, 5.41) is 0.864. The minimum Gasteiger partial charge on any atom is -0.496 e. The Bertz CT molecular complexity index is 1130. The number of aromatic nitrogens is 3. The van der Waals surface area contributed by atoms with Gasteiger partial charge in [-0.3, -0.25) is 0 Å². The second kappa shape index (κ2) is 7.39. The predicted molar refractivity (Wildman–Crippen MR) is 112 cm³/mol. The summed E-state index contributed by atoms with van der Waals surface area (Å²) < 4.78 is 38.0. The Morgan fingerprint density at radius 2 is 1.87 bits per heavy atom. The van der Waals surface area contributed by atoms with E-state index in [1.807, 2.05) is 6.92 Å². The summed E-state index contributed by atoms with van der Waals surface area (Å²) in [5.74, 6) is -0.903. The molecule has 4 rings (SSSR count). The van der Waals surface area contributed by atoms with Crippen molar-refractivity contribution in [1.82, 2.24) is 15.0 Å². The van der Waals surface area contributed by atoms with Crippen LogP contribution in [0.1, 0.15) is 12.5 Å². The van der Waals surface area contributed by atoms with Crippen molar-refractivity contribution in [2.75, 3.05) is 37.9 Å². The third-order valence-electron chi connectivity index (χ3n) is 5.04. The molecule has 1 saturated heterocycles. The molecule has 3 aromatic rings. The standard InChI is InChI=1S/C20H20ClF2N5O2/c1-4-10-13(29-2)6-14(30-3)17(21)16(10)18-26-12-7-25-15(24)5-11(12)19(27-18)28-8-20(22,23)9-28/h5-7H,4,8-9H2,1-3H3,(H2,24,25). The molecule has 10 heteroatoms. The van der Waals surface area contributed by atoms with Gasteiger partial charge in [0.05, 0.1) is 44.0 Å². The zero-order valence-corrected chi connectivity index (χ0v) is 17.4. The van der Waals surface area contributed by atoms with Crippen molar-refractivity contribution in [3.8, 4) is 22.9 Å². The lowest BCUT2D eigenvalue weighted by Gasteiger charge is -2.40. The fraction of sp³-hybridized carbons (Fsp3) is 0.350. The molecule has 0 bridgehead atoms. The molecule has 30 heavy (non-hydrogen) atoms. The van der Waals surface area contributed by atoms with Crippen molar-refractivity contribution in [2.24, 2.45) is 0 Å². The number of hydrogen-bond donors (Lipinski definition) is 1. The van der Waals surface area contributed by atoms with Gasteiger partial charge in [0.1, 0.15) is 23.1 Å². The van der Waals surface area contributed by atoms with Crippen molar-refractivity contribution >= 4 is 34.1 Å². The molecule has 3 heterocycles. The summed E-state index contributed by atoms with van der Waals surface area (Å²) in [5.41, 5.74) is 7.60. The maximum atomic E-state index is 13.6. The van der Waals surface area contributed by atoms with E-state index in [-0.39, 0.29) is 11.6 Å². The molecule has 1 aliphatic rings. The van der Waals surface area contributed by atoms with E-state index >= 15 is 0 Å². The first kappa shape index (κ1) is 20.3. The molecule has 7 nitrogen and oxygen atoms in total. The average Bonchev–Trinajstić information content (AvgIpc) is 2.70. The number of rotatable bonds is 5. The van der Waals surface area contributed by atoms with Gasteiger partial charge in [-0.1, -0.05) is 18.5 Å². The molecule has 0 amide bonds. The highest BCUT2D eigenvalue weighted by molar-refractivity contribution is 6.35. The van der Waals surface area contributed by atoms with Gasteiger partial charge >= 0.3 is 0 Å². The van der Waals surface area contributed by atoms with Crippen LogP contribution in [0.5, 0.6) is 11.5 Å². The summed E-state index contributed by atoms with van der Waals surface area (Å²) in [6.45, 7) is 1.08. The van der Waals surface area contributed by atoms with Gasteiger partial charge in [-0.2, -0.15) is 0 Å². The van der Waals surface area contributed by atoms with E-state index in [0.29, 0.717) is 45.2 Å². The van der Waals surface area contributed by atoms with Crippen molar-refractivity contribution < 1.29 is 18.3 Å². The minimum atomic E-state index is -2.76. The molecule has 2 N–H and O–H groups in total. The number of pyridine rings is 1. The maximum absolute atomic E-state index is 13.6. The SMILES string of the molecule is CCc1c(OC)cc(OC)c(Cl)c1-c1nc(N2CC(F)(F)C2)c2cc(N)ncc2n1. The molecule has 0 radical (unpaired) electrons. The molecular formula is C20H20ClF2N5O2. The van der Waals surface area contributed by atoms with Crippen LogP contribution in [-0.4, -0.2) is 48.2 Å². The fourth-order valence-electron chi connectivity index (χ4n) is 3.61. The summed E-state index contributed by atoms with van der Waals surface area (Å²) in [6.07, 6.45) is 2.08. The van der Waals surface area contributed by atoms with E-state index < -0.39 is 19.0 Å². The van der Waals surface area contributed by atoms with Gasteiger partial charge in [0, 0.05) is 22.6 Å². The van der Waals surface area contributed by atoms with Crippen LogP contribution in [0.15, 0.2) is 18.3 Å². The van der Waals surface area contributed by atoms with E-state index in [1.54, 1.807) is 19.2 Å². The monoisotopic (exact) mass is 435 g/mol. The zero-order valence-electron chi connectivity index (χ0n) is 16.7. The molecule has 158 valence electrons. The highest BCUT2D eigenvalue weighted by Crippen LogP contribution is 2.44. The number of nitrogen functional groups attached to an aromatic ring is 1. The normalized spacial score (nSPS) is 15.2. The summed E-state index contributed by atoms with van der Waals surface area (Å²) in [7, 11) is 3.05. The Morgan fingerprint density at radius 3 is 2.47 bits per heavy atom. The predicted octanol–water partition coefficient (Wildman–Crippen LogP) is 3.96. The third-order valence-corrected chi connectivity index (χ3v) is 5.42. The fourth-order valence-corrected chi connectivity index (χ4v) is 3.94. The first-order valence-corrected chi connectivity index (χ1v) is 9.65. The van der Waals surface area contributed by atoms with E-state index in [2.05, 4.69) is 15.0 Å². The second-order valence-corrected chi connectivity index (χ2v) is 7.39. The lowest BCUT2D eigenvalue weighted by atomic mass is 10.0. The van der Waals surface area contributed by atoms with Crippen LogP contribution >= 0.6 is 11.6 Å². The Labute approximate surface area is 176 Å². The quantitative estimate of drug-likeness (QED) is 0.649. The Morgan fingerprint density at radius 1 is 1.17 bits per heavy atom. The number of anilines is 2. The number of ether oxygens (including phenoxy) is 2. The van der Waals surface area contributed by atoms with Crippen molar-refractivity contribution in [2.45, 2.75) is 19.3 Å². The molecule has 0 unspecified atom stereocenters. The minimum absolute atomic E-state index is 0.253. The lowest BCUT2D eigenvalue weighted by molar-refractivity contribution is -0.0265. The van der Waals surface area contributed by atoms with E-state index in [9.17, 15) is 8.78 Å². The Hall–Kier alpha value is -2.94. The lowest BCUT2D eigenvalue weighted by Crippen LogP contribution is -2.56. The van der Waals surface area contributed by atoms with Crippen LogP contribution in [0.3, 0.4) is 0 Å². The summed E-state index contributed by atoms with van der Waals surface area (Å²) >= 11 is 6.63. The van der Waals surface area contributed by atoms with Gasteiger partial charge in [0.2, 0.25) is 0 Å². The number of nitrogens with zero attached hydrogens (tertiary/aromatic N) is 4. The highest BCUT2D eigenvalue weighted by atomic mass is 35.5. The van der Waals surface area contributed by atoms with Crippen LogP contribution < -0.4 is 20.1 Å². The van der Waals surface area contributed by atoms with Gasteiger partial charge in [-0.25, -0.2) is 23.7 Å². The molecular weight excluding hydrogens is 416 g/mol. The average molecular weight is 436 g/mol. The number of alkyl halides is 2. The summed E-state index contributed by atoms with van der Waals surface area (Å²) in [4.78, 5) is 14.8. The molecule has 0 aliphatic carbocycles. The molecule has 1 aliphatic heterocycles. The third kappa shape index (κ3) is 3.32. The molecule has 0 spiro atoms. The maximum Gasteiger partial charge on any atom is 0.282 e. The number of nitrogens with two attached hydrogens (primary N) is 1. The van der Waals surface area contributed by atoms with Crippen LogP contribution in [-0.2, 0) is 6.42 Å². The molecule has 2 aromatic heterocycles. The topological polar surface area (TPSA) is 86.4 Å². The van der Waals surface area contributed by atoms with Crippen LogP contribution in [0.25, 0.3) is 22.3 Å². The van der Waals surface area contributed by atoms with Crippen molar-refractivity contribution in [1.29, 1.82) is 0 Å². The van der Waals surface area contributed by atoms with Gasteiger partial charge in [0.15, 0.2) is 5.82 Å². The van der Waals surface area contributed by atoms with E-state index in [4.69, 9.17) is 26.8 Å². The first-order valence-electron chi connectivity index (χ1n) is 9.27. The van der Waals surface area contributed by atoms with Crippen LogP contribution in [0.4, 0.5) is 20.4 Å². The number of methoxy groups -OCH3 is 2. The largest absolute Gasteiger partial charge is 0.496 e. The zero-order chi connectivity index (χ0) is 21.6. The number of halogens is 3. The van der Waals surface area contributed by atoms with Gasteiger partial charge < -0.3 is 20.1 Å². The number of fused-ring (bicyclic) bond motifs is 1. The molecule has 0 saturated carbocycles. The Kier molecular flexibility index (Phi) is 5.01.